The molecule has 0 radical (unpaired) electrons. The smallest absolute Gasteiger partial charge is 0.255 e. The molecule has 0 atom stereocenters. The summed E-state index contributed by atoms with van der Waals surface area (Å²) in [5.74, 6) is 3.36. The van der Waals surface area contributed by atoms with E-state index in [1.165, 1.54) is 19.3 Å². The van der Waals surface area contributed by atoms with E-state index in [9.17, 15) is 4.79 Å². The van der Waals surface area contributed by atoms with Gasteiger partial charge in [0.2, 0.25) is 0 Å². The number of ether oxygens (including phenoxy) is 3. The van der Waals surface area contributed by atoms with Crippen molar-refractivity contribution < 1.29 is 14.2 Å². The first-order valence-corrected chi connectivity index (χ1v) is 10.8. The van der Waals surface area contributed by atoms with Gasteiger partial charge in [-0.2, -0.15) is 0 Å². The molecule has 2 aromatic rings. The van der Waals surface area contributed by atoms with Crippen molar-refractivity contribution in [3.63, 3.8) is 0 Å². The Labute approximate surface area is 177 Å². The Kier molecular flexibility index (Phi) is 6.27. The number of aromatic nitrogens is 2. The number of nitrogens with one attached hydrogen (secondary N) is 1. The number of rotatable bonds is 6. The average molecular weight is 414 g/mol. The number of benzene rings is 1. The summed E-state index contributed by atoms with van der Waals surface area (Å²) < 4.78 is 16.4. The molecule has 0 saturated heterocycles. The molecule has 30 heavy (non-hydrogen) atoms. The van der Waals surface area contributed by atoms with Gasteiger partial charge in [0, 0.05) is 43.6 Å². The van der Waals surface area contributed by atoms with Crippen LogP contribution in [0.2, 0.25) is 0 Å². The standard InChI is InChI=1S/C23H31N3O4/c1-28-19-12-21(30-3)20(29-2)11-16(19)13-26-10-9-18-17(14-26)23(27)25-22(24-18)15-7-5-4-6-8-15/h11-12,15H,4-10,13-14H2,1-3H3,(H,24,25,27). The lowest BCUT2D eigenvalue weighted by atomic mass is 9.88. The summed E-state index contributed by atoms with van der Waals surface area (Å²) in [7, 11) is 4.89. The summed E-state index contributed by atoms with van der Waals surface area (Å²) in [4.78, 5) is 23.1. The van der Waals surface area contributed by atoms with Crippen LogP contribution in [-0.2, 0) is 19.5 Å². The number of methoxy groups -OCH3 is 3. The third-order valence-electron chi connectivity index (χ3n) is 6.34. The van der Waals surface area contributed by atoms with E-state index in [1.807, 2.05) is 12.1 Å². The molecule has 1 saturated carbocycles. The summed E-state index contributed by atoms with van der Waals surface area (Å²) in [5.41, 5.74) is 2.78. The van der Waals surface area contributed by atoms with Crippen LogP contribution in [-0.4, -0.2) is 42.7 Å². The minimum Gasteiger partial charge on any atom is -0.496 e. The highest BCUT2D eigenvalue weighted by Gasteiger charge is 2.25. The summed E-state index contributed by atoms with van der Waals surface area (Å²) in [6.45, 7) is 2.10. The van der Waals surface area contributed by atoms with E-state index in [1.54, 1.807) is 21.3 Å². The number of aromatic amines is 1. The van der Waals surface area contributed by atoms with E-state index >= 15 is 0 Å². The van der Waals surface area contributed by atoms with Gasteiger partial charge in [-0.05, 0) is 18.9 Å². The van der Waals surface area contributed by atoms with E-state index in [0.29, 0.717) is 30.5 Å². The van der Waals surface area contributed by atoms with Crippen molar-refractivity contribution in [2.45, 2.75) is 57.5 Å². The van der Waals surface area contributed by atoms with E-state index in [4.69, 9.17) is 19.2 Å². The number of hydrogen-bond acceptors (Lipinski definition) is 6. The van der Waals surface area contributed by atoms with Crippen LogP contribution in [0.15, 0.2) is 16.9 Å². The second-order valence-electron chi connectivity index (χ2n) is 8.19. The molecule has 2 aliphatic rings. The molecule has 7 heteroatoms. The van der Waals surface area contributed by atoms with Gasteiger partial charge in [-0.25, -0.2) is 4.98 Å². The van der Waals surface area contributed by atoms with Crippen molar-refractivity contribution in [2.75, 3.05) is 27.9 Å². The van der Waals surface area contributed by atoms with Crippen molar-refractivity contribution >= 4 is 0 Å². The lowest BCUT2D eigenvalue weighted by Gasteiger charge is -2.29. The Morgan fingerprint density at radius 1 is 1.03 bits per heavy atom. The molecule has 0 amide bonds. The second-order valence-corrected chi connectivity index (χ2v) is 8.19. The minimum absolute atomic E-state index is 0.0181. The van der Waals surface area contributed by atoms with Crippen LogP contribution in [0.3, 0.4) is 0 Å². The average Bonchev–Trinajstić information content (AvgIpc) is 2.79. The van der Waals surface area contributed by atoms with E-state index in [0.717, 1.165) is 54.2 Å². The van der Waals surface area contributed by atoms with Gasteiger partial charge in [-0.3, -0.25) is 9.69 Å². The monoisotopic (exact) mass is 413 g/mol. The number of nitrogens with zero attached hydrogens (tertiary/aromatic N) is 2. The first-order chi connectivity index (χ1) is 14.6. The largest absolute Gasteiger partial charge is 0.496 e. The highest BCUT2D eigenvalue weighted by atomic mass is 16.5. The van der Waals surface area contributed by atoms with Crippen molar-refractivity contribution in [3.8, 4) is 17.2 Å². The third-order valence-corrected chi connectivity index (χ3v) is 6.34. The summed E-state index contributed by atoms with van der Waals surface area (Å²) in [6, 6.07) is 3.79. The van der Waals surface area contributed by atoms with Gasteiger partial charge in [0.15, 0.2) is 11.5 Å². The zero-order chi connectivity index (χ0) is 21.1. The Hall–Kier alpha value is -2.54. The molecule has 0 bridgehead atoms. The predicted octanol–water partition coefficient (Wildman–Crippen LogP) is 3.40. The van der Waals surface area contributed by atoms with Gasteiger partial charge in [0.25, 0.3) is 5.56 Å². The molecule has 4 rings (SSSR count). The van der Waals surface area contributed by atoms with Gasteiger partial charge in [-0.15, -0.1) is 0 Å². The van der Waals surface area contributed by atoms with Crippen LogP contribution in [0.4, 0.5) is 0 Å². The zero-order valence-electron chi connectivity index (χ0n) is 18.1. The molecule has 1 aliphatic heterocycles. The highest BCUT2D eigenvalue weighted by Crippen LogP contribution is 2.36. The molecule has 1 aromatic heterocycles. The van der Waals surface area contributed by atoms with Crippen molar-refractivity contribution in [1.82, 2.24) is 14.9 Å². The Morgan fingerprint density at radius 2 is 1.73 bits per heavy atom. The van der Waals surface area contributed by atoms with Crippen LogP contribution in [0.1, 0.15) is 60.7 Å². The van der Waals surface area contributed by atoms with Crippen molar-refractivity contribution in [3.05, 3.63) is 45.1 Å². The Bertz CT molecular complexity index is 950. The lowest BCUT2D eigenvalue weighted by molar-refractivity contribution is 0.236. The number of H-pyrrole nitrogens is 1. The molecule has 1 aromatic carbocycles. The van der Waals surface area contributed by atoms with Crippen molar-refractivity contribution in [2.24, 2.45) is 0 Å². The fourth-order valence-electron chi connectivity index (χ4n) is 4.66. The van der Waals surface area contributed by atoms with E-state index in [2.05, 4.69) is 9.88 Å². The fourth-order valence-corrected chi connectivity index (χ4v) is 4.66. The maximum absolute atomic E-state index is 12.8. The van der Waals surface area contributed by atoms with Gasteiger partial charge >= 0.3 is 0 Å². The van der Waals surface area contributed by atoms with Gasteiger partial charge in [-0.1, -0.05) is 19.3 Å². The first kappa shape index (κ1) is 20.7. The number of fused-ring (bicyclic) bond motifs is 1. The molecule has 0 spiro atoms. The minimum atomic E-state index is 0.0181. The Balaban J connectivity index is 1.54. The van der Waals surface area contributed by atoms with Crippen LogP contribution >= 0.6 is 0 Å². The lowest BCUT2D eigenvalue weighted by Crippen LogP contribution is -2.36. The molecule has 7 nitrogen and oxygen atoms in total. The molecule has 0 unspecified atom stereocenters. The maximum Gasteiger partial charge on any atom is 0.255 e. The first-order valence-electron chi connectivity index (χ1n) is 10.8. The Morgan fingerprint density at radius 3 is 2.43 bits per heavy atom. The zero-order valence-corrected chi connectivity index (χ0v) is 18.1. The van der Waals surface area contributed by atoms with Crippen LogP contribution in [0, 0.1) is 0 Å². The van der Waals surface area contributed by atoms with Gasteiger partial charge in [0.05, 0.1) is 32.6 Å². The molecule has 1 aliphatic carbocycles. The van der Waals surface area contributed by atoms with Crippen LogP contribution < -0.4 is 19.8 Å². The molecular formula is C23H31N3O4. The van der Waals surface area contributed by atoms with E-state index < -0.39 is 0 Å². The molecule has 2 heterocycles. The SMILES string of the molecule is COc1cc(OC)c(OC)cc1CN1CCc2nc(C3CCCCC3)[nH]c(=O)c2C1. The molecular weight excluding hydrogens is 382 g/mol. The molecule has 1 N–H and O–H groups in total. The topological polar surface area (TPSA) is 76.7 Å². The summed E-state index contributed by atoms with van der Waals surface area (Å²) in [6.07, 6.45) is 6.80. The van der Waals surface area contributed by atoms with Gasteiger partial charge < -0.3 is 19.2 Å². The third kappa shape index (κ3) is 4.17. The summed E-state index contributed by atoms with van der Waals surface area (Å²) in [5, 5.41) is 0. The highest BCUT2D eigenvalue weighted by molar-refractivity contribution is 5.50. The number of hydrogen-bond donors (Lipinski definition) is 1. The van der Waals surface area contributed by atoms with Crippen LogP contribution in [0.5, 0.6) is 17.2 Å². The predicted molar refractivity (Wildman–Crippen MR) is 115 cm³/mol. The summed E-state index contributed by atoms with van der Waals surface area (Å²) >= 11 is 0. The molecule has 162 valence electrons. The van der Waals surface area contributed by atoms with Crippen LogP contribution in [0.25, 0.3) is 0 Å². The quantitative estimate of drug-likeness (QED) is 0.782. The van der Waals surface area contributed by atoms with Gasteiger partial charge in [0.1, 0.15) is 11.6 Å². The molecule has 1 fully saturated rings. The fraction of sp³-hybridized carbons (Fsp3) is 0.565. The second kappa shape index (κ2) is 9.08. The van der Waals surface area contributed by atoms with E-state index in [-0.39, 0.29) is 5.56 Å². The van der Waals surface area contributed by atoms with Crippen molar-refractivity contribution in [1.29, 1.82) is 0 Å². The maximum atomic E-state index is 12.8. The normalized spacial score (nSPS) is 17.4.